The Morgan fingerprint density at radius 2 is 2.20 bits per heavy atom. The number of halogens is 2. The molecule has 10 heavy (non-hydrogen) atoms. The van der Waals surface area contributed by atoms with Gasteiger partial charge in [-0.2, -0.15) is 0 Å². The van der Waals surface area contributed by atoms with Gasteiger partial charge < -0.3 is 4.74 Å². The summed E-state index contributed by atoms with van der Waals surface area (Å²) >= 11 is 5.47. The standard InChI is InChI=1S/C5H8ClNO2.ClH/c1-9-5(8)4-2-7(6)3-4;/h4H,2-3H2,1H3;1H. The van der Waals surface area contributed by atoms with Crippen molar-refractivity contribution >= 4 is 30.2 Å². The predicted molar refractivity (Wildman–Crippen MR) is 40.2 cm³/mol. The first-order valence-corrected chi connectivity index (χ1v) is 3.06. The van der Waals surface area contributed by atoms with Crippen molar-refractivity contribution < 1.29 is 9.53 Å². The first-order valence-electron chi connectivity index (χ1n) is 2.72. The summed E-state index contributed by atoms with van der Waals surface area (Å²) in [6, 6.07) is 0. The van der Waals surface area contributed by atoms with Crippen molar-refractivity contribution in [1.82, 2.24) is 4.42 Å². The van der Waals surface area contributed by atoms with Gasteiger partial charge in [-0.15, -0.1) is 12.4 Å². The molecule has 60 valence electrons. The van der Waals surface area contributed by atoms with E-state index in [0.29, 0.717) is 13.1 Å². The second-order valence-electron chi connectivity index (χ2n) is 2.05. The highest BCUT2D eigenvalue weighted by atomic mass is 35.5. The molecule has 1 aliphatic rings. The molecule has 0 spiro atoms. The molecule has 5 heteroatoms. The average Bonchev–Trinajstić information content (AvgIpc) is 1.79. The Balaban J connectivity index is 0.000000810. The lowest BCUT2D eigenvalue weighted by Gasteiger charge is -2.30. The Morgan fingerprint density at radius 1 is 1.70 bits per heavy atom. The van der Waals surface area contributed by atoms with E-state index in [-0.39, 0.29) is 24.3 Å². The summed E-state index contributed by atoms with van der Waals surface area (Å²) in [5.41, 5.74) is 0. The van der Waals surface area contributed by atoms with E-state index in [1.54, 1.807) is 4.42 Å². The molecule has 0 amide bonds. The van der Waals surface area contributed by atoms with Gasteiger partial charge in [0, 0.05) is 13.1 Å². The highest BCUT2D eigenvalue weighted by Crippen LogP contribution is 2.17. The molecule has 0 aromatic heterocycles. The summed E-state index contributed by atoms with van der Waals surface area (Å²) in [7, 11) is 1.39. The number of nitrogens with zero attached hydrogens (tertiary/aromatic N) is 1. The molecular formula is C5H9Cl2NO2. The zero-order valence-corrected chi connectivity index (χ0v) is 7.11. The smallest absolute Gasteiger partial charge is 0.311 e. The van der Waals surface area contributed by atoms with E-state index in [0.717, 1.165) is 0 Å². The van der Waals surface area contributed by atoms with Crippen LogP contribution in [-0.4, -0.2) is 30.6 Å². The topological polar surface area (TPSA) is 29.5 Å². The van der Waals surface area contributed by atoms with Gasteiger partial charge in [-0.25, -0.2) is 4.42 Å². The molecule has 1 heterocycles. The van der Waals surface area contributed by atoms with Crippen molar-refractivity contribution in [2.24, 2.45) is 5.92 Å². The van der Waals surface area contributed by atoms with E-state index >= 15 is 0 Å². The second kappa shape index (κ2) is 4.01. The third-order valence-corrected chi connectivity index (χ3v) is 1.65. The molecule has 3 nitrogen and oxygen atoms in total. The molecule has 0 radical (unpaired) electrons. The van der Waals surface area contributed by atoms with Crippen LogP contribution < -0.4 is 0 Å². The molecule has 0 aliphatic carbocycles. The summed E-state index contributed by atoms with van der Waals surface area (Å²) < 4.78 is 6.04. The van der Waals surface area contributed by atoms with Crippen LogP contribution in [0.5, 0.6) is 0 Å². The largest absolute Gasteiger partial charge is 0.469 e. The SMILES string of the molecule is COC(=O)C1CN(Cl)C1.Cl. The van der Waals surface area contributed by atoms with Gasteiger partial charge >= 0.3 is 5.97 Å². The first kappa shape index (κ1) is 10.0. The highest BCUT2D eigenvalue weighted by molar-refractivity contribution is 6.14. The van der Waals surface area contributed by atoms with Crippen LogP contribution in [0.2, 0.25) is 0 Å². The zero-order chi connectivity index (χ0) is 6.85. The predicted octanol–water partition coefficient (Wildman–Crippen LogP) is 0.667. The Hall–Kier alpha value is 0.01000. The quantitative estimate of drug-likeness (QED) is 0.445. The minimum Gasteiger partial charge on any atom is -0.469 e. The number of carbonyl (C=O) groups excluding carboxylic acids is 1. The third kappa shape index (κ3) is 2.01. The molecule has 1 rings (SSSR count). The lowest BCUT2D eigenvalue weighted by atomic mass is 10.0. The van der Waals surface area contributed by atoms with Gasteiger partial charge in [0.1, 0.15) is 0 Å². The lowest BCUT2D eigenvalue weighted by Crippen LogP contribution is -2.45. The van der Waals surface area contributed by atoms with Gasteiger partial charge in [-0.05, 0) is 11.8 Å². The number of hydrogen-bond donors (Lipinski definition) is 0. The molecule has 0 atom stereocenters. The number of carbonyl (C=O) groups is 1. The number of rotatable bonds is 1. The third-order valence-electron chi connectivity index (χ3n) is 1.37. The molecule has 0 saturated carbocycles. The molecule has 1 aliphatic heterocycles. The van der Waals surface area contributed by atoms with Crippen molar-refractivity contribution in [3.63, 3.8) is 0 Å². The van der Waals surface area contributed by atoms with Crippen LogP contribution in [0, 0.1) is 5.92 Å². The Morgan fingerprint density at radius 3 is 2.50 bits per heavy atom. The van der Waals surface area contributed by atoms with E-state index in [4.69, 9.17) is 11.8 Å². The maximum Gasteiger partial charge on any atom is 0.311 e. The van der Waals surface area contributed by atoms with Crippen LogP contribution in [0.25, 0.3) is 0 Å². The summed E-state index contributed by atoms with van der Waals surface area (Å²) in [5.74, 6) is -0.153. The number of methoxy groups -OCH3 is 1. The van der Waals surface area contributed by atoms with Gasteiger partial charge in [-0.1, -0.05) is 0 Å². The average molecular weight is 186 g/mol. The molecule has 0 aromatic rings. The van der Waals surface area contributed by atoms with Crippen molar-refractivity contribution in [2.75, 3.05) is 20.2 Å². The van der Waals surface area contributed by atoms with Gasteiger partial charge in [0.05, 0.1) is 13.0 Å². The Labute approximate surface area is 70.8 Å². The van der Waals surface area contributed by atoms with E-state index in [1.807, 2.05) is 0 Å². The van der Waals surface area contributed by atoms with Crippen molar-refractivity contribution in [2.45, 2.75) is 0 Å². The van der Waals surface area contributed by atoms with Gasteiger partial charge in [-0.3, -0.25) is 4.79 Å². The fourth-order valence-electron chi connectivity index (χ4n) is 0.741. The van der Waals surface area contributed by atoms with Crippen LogP contribution in [0.15, 0.2) is 0 Å². The maximum absolute atomic E-state index is 10.6. The molecule has 0 unspecified atom stereocenters. The normalized spacial score (nSPS) is 19.0. The highest BCUT2D eigenvalue weighted by Gasteiger charge is 2.32. The van der Waals surface area contributed by atoms with E-state index in [2.05, 4.69) is 4.74 Å². The first-order chi connectivity index (χ1) is 4.24. The van der Waals surface area contributed by atoms with E-state index < -0.39 is 0 Å². The fourth-order valence-corrected chi connectivity index (χ4v) is 1.07. The Bertz CT molecular complexity index is 125. The van der Waals surface area contributed by atoms with Crippen LogP contribution >= 0.6 is 24.2 Å². The summed E-state index contributed by atoms with van der Waals surface area (Å²) in [6.07, 6.45) is 0. The van der Waals surface area contributed by atoms with Crippen LogP contribution in [0.4, 0.5) is 0 Å². The number of ether oxygens (including phenoxy) is 1. The molecular weight excluding hydrogens is 177 g/mol. The van der Waals surface area contributed by atoms with Gasteiger partial charge in [0.25, 0.3) is 0 Å². The number of hydrogen-bond acceptors (Lipinski definition) is 3. The molecule has 0 bridgehead atoms. The minimum atomic E-state index is -0.160. The molecule has 1 saturated heterocycles. The van der Waals surface area contributed by atoms with E-state index in [1.165, 1.54) is 7.11 Å². The fraction of sp³-hybridized carbons (Fsp3) is 0.800. The van der Waals surface area contributed by atoms with Crippen molar-refractivity contribution in [1.29, 1.82) is 0 Å². The molecule has 1 fully saturated rings. The molecule has 0 aromatic carbocycles. The second-order valence-corrected chi connectivity index (χ2v) is 2.53. The Kier molecular flexibility index (Phi) is 4.01. The monoisotopic (exact) mass is 185 g/mol. The number of esters is 1. The van der Waals surface area contributed by atoms with Crippen molar-refractivity contribution in [3.8, 4) is 0 Å². The zero-order valence-electron chi connectivity index (χ0n) is 5.54. The summed E-state index contributed by atoms with van der Waals surface area (Å²) in [6.45, 7) is 1.24. The summed E-state index contributed by atoms with van der Waals surface area (Å²) in [4.78, 5) is 10.6. The maximum atomic E-state index is 10.6. The van der Waals surface area contributed by atoms with Gasteiger partial charge in [0.2, 0.25) is 0 Å². The molecule has 0 N–H and O–H groups in total. The van der Waals surface area contributed by atoms with Crippen molar-refractivity contribution in [3.05, 3.63) is 0 Å². The van der Waals surface area contributed by atoms with Crippen LogP contribution in [0.1, 0.15) is 0 Å². The minimum absolute atomic E-state index is 0. The lowest BCUT2D eigenvalue weighted by molar-refractivity contribution is -0.149. The van der Waals surface area contributed by atoms with Crippen LogP contribution in [-0.2, 0) is 9.53 Å². The van der Waals surface area contributed by atoms with Crippen LogP contribution in [0.3, 0.4) is 0 Å². The van der Waals surface area contributed by atoms with E-state index in [9.17, 15) is 4.79 Å². The van der Waals surface area contributed by atoms with Gasteiger partial charge in [0.15, 0.2) is 0 Å². The summed E-state index contributed by atoms with van der Waals surface area (Å²) in [5, 5.41) is 0.